The number of thiol groups is 1. The van der Waals surface area contributed by atoms with Crippen molar-refractivity contribution < 1.29 is 165 Å². The van der Waals surface area contributed by atoms with Gasteiger partial charge >= 0.3 is 11.9 Å². The van der Waals surface area contributed by atoms with Gasteiger partial charge in [-0.15, -0.1) is 13.2 Å². The van der Waals surface area contributed by atoms with Crippen LogP contribution in [0.2, 0.25) is 0 Å². The molecule has 0 bridgehead atoms. The third kappa shape index (κ3) is 26.7. The van der Waals surface area contributed by atoms with Crippen molar-refractivity contribution in [1.82, 2.24) is 0 Å². The molecule has 16 N–H and O–H groups in total. The molecule has 3 rings (SSSR count). The summed E-state index contributed by atoms with van der Waals surface area (Å²) in [5.74, 6) is 0.0279. The number of aliphatic hydroxyl groups excluding tert-OH is 14. The second-order valence-electron chi connectivity index (χ2n) is 12.1. The van der Waals surface area contributed by atoms with Crippen LogP contribution in [-0.2, 0) is 51.8 Å². The Morgan fingerprint density at radius 3 is 1.35 bits per heavy atom. The Kier molecular flexibility index (Phi) is 43.7. The Bertz CT molecular complexity index is 1090. The van der Waals surface area contributed by atoms with E-state index in [-0.39, 0.29) is 82.3 Å². The van der Waals surface area contributed by atoms with Crippen LogP contribution in [0.15, 0.2) is 25.3 Å². The van der Waals surface area contributed by atoms with Crippen molar-refractivity contribution >= 4 is 36.3 Å². The van der Waals surface area contributed by atoms with Gasteiger partial charge in [0.2, 0.25) is 0 Å². The van der Waals surface area contributed by atoms with E-state index in [0.29, 0.717) is 23.7 Å². The predicted octanol–water partition coefficient (Wildman–Crippen LogP) is -6.28. The van der Waals surface area contributed by atoms with Crippen LogP contribution in [0.1, 0.15) is 19.3 Å². The average molecular weight is 1180 g/mol. The first-order valence-electron chi connectivity index (χ1n) is 17.6. The Hall–Kier alpha value is -0.00364. The number of aliphatic hydroxyl groups is 14. The molecule has 15 atom stereocenters. The first-order chi connectivity index (χ1) is 27.3. The zero-order chi connectivity index (χ0) is 45.0. The molecule has 0 aromatic rings. The molecular weight excluding hydrogens is 1120 g/mol. The third-order valence-electron chi connectivity index (χ3n) is 7.57. The molecule has 0 aromatic heterocycles. The zero-order valence-corrected chi connectivity index (χ0v) is 39.8. The SMILES string of the molecule is C=CCO.C=CCO[C@H]1OC(CO)[C@H](O)[C@H](O)C1O.O=C(O)CCS.O=C(O)CCSCCCO[C@H]1OC(CO)[C@H](O)[C@H](O)C1O.OCC1O[C@@H](O)C(O)[C@@H](O)[C@H]1O.[U].[V]. The molecule has 3 heterocycles. The van der Waals surface area contributed by atoms with Gasteiger partial charge in [0, 0.05) is 61.2 Å². The summed E-state index contributed by atoms with van der Waals surface area (Å²) in [7, 11) is 0. The number of carbonyl (C=O) groups is 2. The van der Waals surface area contributed by atoms with Crippen molar-refractivity contribution in [2.75, 3.05) is 56.9 Å². The predicted molar refractivity (Wildman–Crippen MR) is 203 cm³/mol. The van der Waals surface area contributed by atoms with E-state index in [1.54, 1.807) is 0 Å². The Balaban J connectivity index is -0.000000355. The molecule has 23 nitrogen and oxygen atoms in total. The summed E-state index contributed by atoms with van der Waals surface area (Å²) in [5.41, 5.74) is 0. The number of thioether (sulfide) groups is 1. The smallest absolute Gasteiger partial charge is 0.304 e. The third-order valence-corrected chi connectivity index (χ3v) is 8.87. The quantitative estimate of drug-likeness (QED) is 0.0366. The van der Waals surface area contributed by atoms with Gasteiger partial charge in [-0.3, -0.25) is 9.59 Å². The summed E-state index contributed by atoms with van der Waals surface area (Å²) in [4.78, 5) is 19.9. The van der Waals surface area contributed by atoms with Crippen LogP contribution in [0.5, 0.6) is 0 Å². The van der Waals surface area contributed by atoms with Crippen molar-refractivity contribution in [3.05, 3.63) is 25.3 Å². The number of hydrogen-bond donors (Lipinski definition) is 17. The van der Waals surface area contributed by atoms with E-state index in [9.17, 15) is 40.2 Å². The van der Waals surface area contributed by atoms with Gasteiger partial charge in [0.1, 0.15) is 73.2 Å². The molecule has 0 spiro atoms. The van der Waals surface area contributed by atoms with Gasteiger partial charge in [-0.25, -0.2) is 0 Å². The normalized spacial score (nSPS) is 33.0. The van der Waals surface area contributed by atoms with Crippen molar-refractivity contribution in [2.24, 2.45) is 0 Å². The minimum atomic E-state index is -1.57. The van der Waals surface area contributed by atoms with Crippen LogP contribution in [0.25, 0.3) is 0 Å². The molecule has 3 fully saturated rings. The maximum absolute atomic E-state index is 10.3. The summed E-state index contributed by atoms with van der Waals surface area (Å²) in [6, 6.07) is 0. The van der Waals surface area contributed by atoms with Crippen molar-refractivity contribution in [1.29, 1.82) is 0 Å². The largest absolute Gasteiger partial charge is 0.481 e. The first kappa shape index (κ1) is 66.6. The van der Waals surface area contributed by atoms with Crippen LogP contribution < -0.4 is 0 Å². The van der Waals surface area contributed by atoms with Crippen LogP contribution in [0.4, 0.5) is 0 Å². The number of carboxylic acids is 2. The Labute approximate surface area is 392 Å². The fourth-order valence-electron chi connectivity index (χ4n) is 4.37. The molecule has 0 aromatic carbocycles. The van der Waals surface area contributed by atoms with Gasteiger partial charge in [0.25, 0.3) is 0 Å². The summed E-state index contributed by atoms with van der Waals surface area (Å²) in [6.07, 6.45) is -15.7. The molecule has 27 heteroatoms. The Morgan fingerprint density at radius 1 is 0.600 bits per heavy atom. The molecule has 0 saturated carbocycles. The van der Waals surface area contributed by atoms with Crippen molar-refractivity contribution in [3.8, 4) is 0 Å². The maximum atomic E-state index is 10.3. The second-order valence-corrected chi connectivity index (χ2v) is 13.7. The topological polar surface area (TPSA) is 404 Å². The van der Waals surface area contributed by atoms with Gasteiger partial charge in [0.05, 0.1) is 52.5 Å². The number of aliphatic carboxylic acids is 2. The minimum Gasteiger partial charge on any atom is -0.481 e. The molecule has 3 saturated heterocycles. The van der Waals surface area contributed by atoms with E-state index in [1.165, 1.54) is 23.9 Å². The average Bonchev–Trinajstić information content (AvgIpc) is 3.20. The molecule has 0 amide bonds. The van der Waals surface area contributed by atoms with Gasteiger partial charge in [-0.2, -0.15) is 24.4 Å². The summed E-state index contributed by atoms with van der Waals surface area (Å²) in [5, 5.41) is 144. The van der Waals surface area contributed by atoms with Crippen LogP contribution in [-0.4, -0.2) is 243 Å². The summed E-state index contributed by atoms with van der Waals surface area (Å²) in [6.45, 7) is 5.65. The molecule has 1 radical (unpaired) electrons. The maximum Gasteiger partial charge on any atom is 0.304 e. The van der Waals surface area contributed by atoms with Crippen LogP contribution in [0, 0.1) is 31.1 Å². The Morgan fingerprint density at radius 2 is 1.00 bits per heavy atom. The van der Waals surface area contributed by atoms with E-state index in [1.807, 2.05) is 0 Å². The number of rotatable bonds is 17. The number of ether oxygens (including phenoxy) is 5. The second kappa shape index (κ2) is 39.4. The van der Waals surface area contributed by atoms with Gasteiger partial charge in [-0.05, 0) is 12.2 Å². The van der Waals surface area contributed by atoms with Gasteiger partial charge in [0.15, 0.2) is 18.9 Å². The van der Waals surface area contributed by atoms with E-state index in [0.717, 1.165) is 0 Å². The van der Waals surface area contributed by atoms with E-state index >= 15 is 0 Å². The summed E-state index contributed by atoms with van der Waals surface area (Å²) >= 11 is 5.16. The molecule has 3 aliphatic rings. The molecule has 353 valence electrons. The minimum absolute atomic E-state index is 0. The fourth-order valence-corrected chi connectivity index (χ4v) is 5.41. The van der Waals surface area contributed by atoms with Gasteiger partial charge in [-0.1, -0.05) is 12.2 Å². The van der Waals surface area contributed by atoms with E-state index < -0.39 is 124 Å². The monoisotopic (exact) mass is 1180 g/mol. The van der Waals surface area contributed by atoms with Crippen LogP contribution in [0.3, 0.4) is 0 Å². The van der Waals surface area contributed by atoms with Gasteiger partial charge < -0.3 is 105 Å². The zero-order valence-electron chi connectivity index (χ0n) is 32.5. The van der Waals surface area contributed by atoms with Crippen LogP contribution >= 0.6 is 24.4 Å². The first-order valence-corrected chi connectivity index (χ1v) is 19.4. The summed E-state index contributed by atoms with van der Waals surface area (Å²) < 4.78 is 25.1. The van der Waals surface area contributed by atoms with Crippen molar-refractivity contribution in [3.63, 3.8) is 0 Å². The fraction of sp³-hybridized carbons (Fsp3) is 0.818. The van der Waals surface area contributed by atoms with E-state index in [4.69, 9.17) is 70.0 Å². The molecule has 3 aliphatic heterocycles. The molecule has 60 heavy (non-hydrogen) atoms. The molecular formula is C33H62O23S2UV. The van der Waals surface area contributed by atoms with E-state index in [2.05, 4.69) is 30.5 Å². The number of carboxylic acid groups (broad SMARTS) is 2. The molecule has 6 unspecified atom stereocenters. The molecule has 0 aliphatic carbocycles. The standard InChI is InChI=1S/C12H22O8S.C9H16O6.C6H12O6.C3H6O2S.C3H6O.U.V/c13-6-7-9(16)10(17)11(18)12(20-7)19-3-1-4-21-5-2-8(14)15;1-2-3-14-9-8(13)7(12)6(11)5(4-10)15-9;7-1-2-3(8)4(9)5(10)6(11)12-2;4-3(5)1-2-6;1-2-3-4;;/h7,9-13,16-18H,1-6H2,(H,14,15);2,5-13H,1,3-4H2;2-11H,1H2;6H,1-2H2,(H,4,5);2,4H,1,3H2;;/t7?,9-,10-,11?,12-;5?,6-,7-,8?,9-;2?,3-,4-,5?,6+;;;;/m000..../s1. The number of hydrogen-bond acceptors (Lipinski definition) is 23. The van der Waals surface area contributed by atoms with Crippen molar-refractivity contribution in [2.45, 2.75) is 111 Å².